The number of hydrogen-bond donors (Lipinski definition) is 2. The summed E-state index contributed by atoms with van der Waals surface area (Å²) >= 11 is 3.55. The number of benzene rings is 2. The van der Waals surface area contributed by atoms with Crippen LogP contribution in [0.4, 0.5) is 5.69 Å². The minimum atomic E-state index is -0.353. The Morgan fingerprint density at radius 3 is 2.49 bits per heavy atom. The molecule has 0 fully saturated rings. The standard InChI is InChI=1S/C26H30IN5O2S/c1-6-13-32-24(23(16(2)3)29-25(34)19-9-7-17(4)8-10-19)30-31-26(32)35-15-22(33)28-21-12-11-20(27)14-18(21)5/h6-12,14,16,23H,1,13,15H2,2-5H3,(H,28,33)(H,29,34)/t23-/m1/s1. The zero-order valence-corrected chi connectivity index (χ0v) is 23.3. The highest BCUT2D eigenvalue weighted by Gasteiger charge is 2.26. The van der Waals surface area contributed by atoms with Gasteiger partial charge in [-0.15, -0.1) is 16.8 Å². The molecule has 2 amide bonds. The number of nitrogens with zero attached hydrogens (tertiary/aromatic N) is 3. The van der Waals surface area contributed by atoms with E-state index in [0.29, 0.717) is 23.1 Å². The van der Waals surface area contributed by atoms with E-state index in [-0.39, 0.29) is 29.5 Å². The van der Waals surface area contributed by atoms with Crippen LogP contribution in [0.15, 0.2) is 60.3 Å². The van der Waals surface area contributed by atoms with Crippen LogP contribution in [-0.4, -0.2) is 32.3 Å². The van der Waals surface area contributed by atoms with E-state index in [9.17, 15) is 9.59 Å². The average Bonchev–Trinajstić information content (AvgIpc) is 3.20. The second-order valence-corrected chi connectivity index (χ2v) is 10.8. The van der Waals surface area contributed by atoms with Gasteiger partial charge in [0, 0.05) is 21.4 Å². The highest BCUT2D eigenvalue weighted by atomic mass is 127. The van der Waals surface area contributed by atoms with E-state index in [0.717, 1.165) is 20.4 Å². The third kappa shape index (κ3) is 7.17. The van der Waals surface area contributed by atoms with Crippen molar-refractivity contribution in [2.24, 2.45) is 5.92 Å². The third-order valence-electron chi connectivity index (χ3n) is 5.40. The van der Waals surface area contributed by atoms with Crippen LogP contribution in [0.2, 0.25) is 0 Å². The Balaban J connectivity index is 1.75. The first-order chi connectivity index (χ1) is 16.7. The number of rotatable bonds is 10. The molecular formula is C26H30IN5O2S. The summed E-state index contributed by atoms with van der Waals surface area (Å²) in [6.07, 6.45) is 1.76. The number of thioether (sulfide) groups is 1. The molecule has 0 unspecified atom stereocenters. The van der Waals surface area contributed by atoms with Crippen molar-refractivity contribution in [1.82, 2.24) is 20.1 Å². The van der Waals surface area contributed by atoms with Crippen molar-refractivity contribution in [1.29, 1.82) is 0 Å². The third-order valence-corrected chi connectivity index (χ3v) is 7.03. The zero-order chi connectivity index (χ0) is 25.5. The van der Waals surface area contributed by atoms with Crippen molar-refractivity contribution in [3.63, 3.8) is 0 Å². The first kappa shape index (κ1) is 26.9. The number of nitrogens with one attached hydrogen (secondary N) is 2. The number of aryl methyl sites for hydroxylation is 2. The molecule has 1 atom stereocenters. The van der Waals surface area contributed by atoms with Gasteiger partial charge in [0.1, 0.15) is 0 Å². The minimum Gasteiger partial charge on any atom is -0.342 e. The van der Waals surface area contributed by atoms with Gasteiger partial charge in [0.2, 0.25) is 5.91 Å². The quantitative estimate of drug-likeness (QED) is 0.181. The smallest absolute Gasteiger partial charge is 0.251 e. The number of allylic oxidation sites excluding steroid dienone is 1. The fraction of sp³-hybridized carbons (Fsp3) is 0.308. The Morgan fingerprint density at radius 2 is 1.86 bits per heavy atom. The van der Waals surface area contributed by atoms with Crippen LogP contribution in [0.1, 0.15) is 47.2 Å². The molecule has 0 aliphatic rings. The van der Waals surface area contributed by atoms with Crippen molar-refractivity contribution >= 4 is 51.9 Å². The maximum atomic E-state index is 12.9. The van der Waals surface area contributed by atoms with Gasteiger partial charge in [-0.2, -0.15) is 0 Å². The molecule has 3 aromatic rings. The van der Waals surface area contributed by atoms with E-state index in [1.54, 1.807) is 6.08 Å². The lowest BCUT2D eigenvalue weighted by atomic mass is 10.0. The van der Waals surface area contributed by atoms with E-state index in [1.807, 2.05) is 74.7 Å². The molecule has 0 bridgehead atoms. The van der Waals surface area contributed by atoms with Crippen molar-refractivity contribution < 1.29 is 9.59 Å². The number of anilines is 1. The fourth-order valence-corrected chi connectivity index (χ4v) is 4.88. The first-order valence-corrected chi connectivity index (χ1v) is 13.4. The first-order valence-electron chi connectivity index (χ1n) is 11.3. The van der Waals surface area contributed by atoms with Gasteiger partial charge >= 0.3 is 0 Å². The van der Waals surface area contributed by atoms with Gasteiger partial charge in [0.25, 0.3) is 5.91 Å². The summed E-state index contributed by atoms with van der Waals surface area (Å²) in [5.74, 6) is 0.599. The van der Waals surface area contributed by atoms with E-state index in [2.05, 4.69) is 50.0 Å². The Hall–Kier alpha value is -2.66. The van der Waals surface area contributed by atoms with Gasteiger partial charge < -0.3 is 15.2 Å². The molecule has 0 saturated heterocycles. The summed E-state index contributed by atoms with van der Waals surface area (Å²) in [5, 5.41) is 15.4. The predicted octanol–water partition coefficient (Wildman–Crippen LogP) is 5.54. The normalized spacial score (nSPS) is 11.8. The summed E-state index contributed by atoms with van der Waals surface area (Å²) in [5.41, 5.74) is 3.49. The second kappa shape index (κ2) is 12.3. The lowest BCUT2D eigenvalue weighted by molar-refractivity contribution is -0.113. The molecule has 0 aliphatic carbocycles. The Labute approximate surface area is 224 Å². The Morgan fingerprint density at radius 1 is 1.14 bits per heavy atom. The highest BCUT2D eigenvalue weighted by Crippen LogP contribution is 2.26. The van der Waals surface area contributed by atoms with Gasteiger partial charge in [0.05, 0.1) is 11.8 Å². The number of carbonyl (C=O) groups excluding carboxylic acids is 2. The van der Waals surface area contributed by atoms with Crippen molar-refractivity contribution in [2.45, 2.75) is 45.4 Å². The molecule has 0 saturated carbocycles. The van der Waals surface area contributed by atoms with Gasteiger partial charge in [-0.25, -0.2) is 0 Å². The molecule has 1 aromatic heterocycles. The number of aromatic nitrogens is 3. The molecule has 7 nitrogen and oxygen atoms in total. The van der Waals surface area contributed by atoms with Gasteiger partial charge in [-0.3, -0.25) is 9.59 Å². The molecular weight excluding hydrogens is 573 g/mol. The molecule has 184 valence electrons. The SMILES string of the molecule is C=CCn1c(SCC(=O)Nc2ccc(I)cc2C)nnc1[C@H](NC(=O)c1ccc(C)cc1)C(C)C. The molecule has 2 N–H and O–H groups in total. The Bertz CT molecular complexity index is 1210. The van der Waals surface area contributed by atoms with Crippen LogP contribution in [0.3, 0.4) is 0 Å². The number of amides is 2. The minimum absolute atomic E-state index is 0.0714. The van der Waals surface area contributed by atoms with Gasteiger partial charge in [-0.05, 0) is 78.3 Å². The monoisotopic (exact) mass is 603 g/mol. The number of carbonyl (C=O) groups is 2. The lowest BCUT2D eigenvalue weighted by Gasteiger charge is -2.22. The molecule has 2 aromatic carbocycles. The summed E-state index contributed by atoms with van der Waals surface area (Å²) in [4.78, 5) is 25.5. The van der Waals surface area contributed by atoms with Crippen LogP contribution >= 0.6 is 34.4 Å². The topological polar surface area (TPSA) is 88.9 Å². The van der Waals surface area contributed by atoms with Crippen LogP contribution in [-0.2, 0) is 11.3 Å². The fourth-order valence-electron chi connectivity index (χ4n) is 3.48. The maximum Gasteiger partial charge on any atom is 0.251 e. The molecule has 0 aliphatic heterocycles. The van der Waals surface area contributed by atoms with Gasteiger partial charge in [-0.1, -0.05) is 49.4 Å². The second-order valence-electron chi connectivity index (χ2n) is 8.60. The van der Waals surface area contributed by atoms with Crippen LogP contribution in [0.25, 0.3) is 0 Å². The van der Waals surface area contributed by atoms with E-state index >= 15 is 0 Å². The molecule has 0 spiro atoms. The van der Waals surface area contributed by atoms with Gasteiger partial charge in [0.15, 0.2) is 11.0 Å². The maximum absolute atomic E-state index is 12.9. The van der Waals surface area contributed by atoms with Crippen molar-refractivity contribution in [2.75, 3.05) is 11.1 Å². The van der Waals surface area contributed by atoms with Crippen LogP contribution in [0.5, 0.6) is 0 Å². The van der Waals surface area contributed by atoms with Crippen LogP contribution < -0.4 is 10.6 Å². The molecule has 1 heterocycles. The predicted molar refractivity (Wildman–Crippen MR) is 150 cm³/mol. The zero-order valence-electron chi connectivity index (χ0n) is 20.3. The van der Waals surface area contributed by atoms with E-state index < -0.39 is 0 Å². The highest BCUT2D eigenvalue weighted by molar-refractivity contribution is 14.1. The summed E-state index contributed by atoms with van der Waals surface area (Å²) in [6.45, 7) is 12.3. The largest absolute Gasteiger partial charge is 0.342 e. The van der Waals surface area contributed by atoms with Crippen molar-refractivity contribution in [3.05, 3.63) is 81.2 Å². The van der Waals surface area contributed by atoms with E-state index in [4.69, 9.17) is 0 Å². The summed E-state index contributed by atoms with van der Waals surface area (Å²) < 4.78 is 3.02. The van der Waals surface area contributed by atoms with E-state index in [1.165, 1.54) is 11.8 Å². The summed E-state index contributed by atoms with van der Waals surface area (Å²) in [6, 6.07) is 13.0. The number of halogens is 1. The molecule has 3 rings (SSSR count). The number of hydrogen-bond acceptors (Lipinski definition) is 5. The summed E-state index contributed by atoms with van der Waals surface area (Å²) in [7, 11) is 0. The molecule has 9 heteroatoms. The Kier molecular flexibility index (Phi) is 9.50. The van der Waals surface area contributed by atoms with Crippen LogP contribution in [0, 0.1) is 23.3 Å². The average molecular weight is 604 g/mol. The molecule has 0 radical (unpaired) electrons. The lowest BCUT2D eigenvalue weighted by Crippen LogP contribution is -2.33. The van der Waals surface area contributed by atoms with Crippen molar-refractivity contribution in [3.8, 4) is 0 Å². The molecule has 35 heavy (non-hydrogen) atoms.